The number of urea groups is 1. The molecule has 0 saturated carbocycles. The van der Waals surface area contributed by atoms with Crippen molar-refractivity contribution in [2.45, 2.75) is 51.9 Å². The van der Waals surface area contributed by atoms with Crippen molar-refractivity contribution in [2.24, 2.45) is 5.10 Å². The minimum absolute atomic E-state index is 0.0285. The topological polar surface area (TPSA) is 71.5 Å². The highest BCUT2D eigenvalue weighted by Gasteiger charge is 2.57. The predicted octanol–water partition coefficient (Wildman–Crippen LogP) is 1.72. The number of nitrogens with one attached hydrogen (secondary N) is 1. The van der Waals surface area contributed by atoms with Gasteiger partial charge in [-0.05, 0) is 32.4 Å². The first-order valence-electron chi connectivity index (χ1n) is 9.52. The molecule has 3 aliphatic rings. The Hall–Kier alpha value is -2.16. The predicted molar refractivity (Wildman–Crippen MR) is 106 cm³/mol. The molecule has 8 nitrogen and oxygen atoms in total. The van der Waals surface area contributed by atoms with Crippen LogP contribution in [0.25, 0.3) is 0 Å². The highest BCUT2D eigenvalue weighted by Crippen LogP contribution is 2.33. The van der Waals surface area contributed by atoms with Crippen LogP contribution in [0.5, 0.6) is 0 Å². The normalized spacial score (nSPS) is 30.5. The van der Waals surface area contributed by atoms with E-state index in [4.69, 9.17) is 16.7 Å². The molecule has 0 spiro atoms. The average Bonchev–Trinajstić information content (AvgIpc) is 3.08. The van der Waals surface area contributed by atoms with Crippen LogP contribution >= 0.6 is 11.6 Å². The summed E-state index contributed by atoms with van der Waals surface area (Å²) < 4.78 is 0. The fraction of sp³-hybridized carbons (Fsp3) is 0.526. The Kier molecular flexibility index (Phi) is 4.81. The van der Waals surface area contributed by atoms with Gasteiger partial charge < -0.3 is 4.90 Å². The molecule has 0 radical (unpaired) electrons. The van der Waals surface area contributed by atoms with Crippen LogP contribution in [0.1, 0.15) is 26.3 Å². The van der Waals surface area contributed by atoms with Crippen LogP contribution in [0.2, 0.25) is 5.02 Å². The summed E-state index contributed by atoms with van der Waals surface area (Å²) in [6.45, 7) is 6.69. The van der Waals surface area contributed by atoms with Crippen molar-refractivity contribution >= 4 is 29.3 Å². The molecule has 3 heterocycles. The summed E-state index contributed by atoms with van der Waals surface area (Å²) in [6, 6.07) is 6.90. The number of rotatable bonds is 3. The lowest BCUT2D eigenvalue weighted by Crippen LogP contribution is -2.67. The van der Waals surface area contributed by atoms with Crippen LogP contribution in [-0.2, 0) is 11.3 Å². The number of carbonyl (C=O) groups is 2. The lowest BCUT2D eigenvalue weighted by Gasteiger charge is -2.44. The second-order valence-corrected chi connectivity index (χ2v) is 7.87. The third-order valence-corrected chi connectivity index (χ3v) is 6.29. The van der Waals surface area contributed by atoms with Crippen LogP contribution in [0.15, 0.2) is 29.4 Å². The third kappa shape index (κ3) is 2.78. The van der Waals surface area contributed by atoms with Crippen molar-refractivity contribution < 1.29 is 9.59 Å². The van der Waals surface area contributed by atoms with E-state index < -0.39 is 12.2 Å². The van der Waals surface area contributed by atoms with Crippen LogP contribution in [0.4, 0.5) is 4.79 Å². The van der Waals surface area contributed by atoms with Crippen LogP contribution < -0.4 is 5.32 Å². The molecule has 3 aliphatic heterocycles. The summed E-state index contributed by atoms with van der Waals surface area (Å²) in [5, 5.41) is 10.8. The van der Waals surface area contributed by atoms with E-state index in [1.165, 1.54) is 4.90 Å². The quantitative estimate of drug-likeness (QED) is 0.830. The number of imide groups is 1. The third-order valence-electron chi connectivity index (χ3n) is 5.92. The lowest BCUT2D eigenvalue weighted by molar-refractivity contribution is -0.139. The van der Waals surface area contributed by atoms with Gasteiger partial charge in [0.15, 0.2) is 6.29 Å². The fourth-order valence-corrected chi connectivity index (χ4v) is 4.45. The first-order chi connectivity index (χ1) is 13.3. The molecule has 1 N–H and O–H groups in total. The van der Waals surface area contributed by atoms with E-state index in [1.807, 2.05) is 50.0 Å². The zero-order chi connectivity index (χ0) is 20.2. The van der Waals surface area contributed by atoms with Crippen LogP contribution in [0.3, 0.4) is 0 Å². The maximum absolute atomic E-state index is 13.1. The molecular weight excluding hydrogens is 380 g/mol. The Morgan fingerprint density at radius 3 is 2.64 bits per heavy atom. The second-order valence-electron chi connectivity index (χ2n) is 7.46. The molecule has 9 heteroatoms. The average molecular weight is 405 g/mol. The standard InChI is InChI=1S/C19H25ClN6O2/c1-5-24-17(27)15-16(23(4)19(24)28)21-18-25(22-11(2)12(3)26(15)18)10-13-8-6-7-9-14(13)20/h6-9,12,15-16,18,21H,5,10H2,1-4H3. The summed E-state index contributed by atoms with van der Waals surface area (Å²) in [5.74, 6) is -0.162. The molecule has 2 saturated heterocycles. The van der Waals surface area contributed by atoms with Gasteiger partial charge in [-0.15, -0.1) is 0 Å². The van der Waals surface area contributed by atoms with Crippen molar-refractivity contribution in [1.82, 2.24) is 25.0 Å². The molecule has 150 valence electrons. The van der Waals surface area contributed by atoms with E-state index in [9.17, 15) is 9.59 Å². The van der Waals surface area contributed by atoms with Crippen molar-refractivity contribution in [1.29, 1.82) is 0 Å². The van der Waals surface area contributed by atoms with Gasteiger partial charge >= 0.3 is 6.03 Å². The first-order valence-corrected chi connectivity index (χ1v) is 9.89. The Balaban J connectivity index is 1.70. The molecule has 0 bridgehead atoms. The highest BCUT2D eigenvalue weighted by molar-refractivity contribution is 6.31. The van der Waals surface area contributed by atoms with Crippen LogP contribution in [-0.4, -0.2) is 75.5 Å². The van der Waals surface area contributed by atoms with Gasteiger partial charge in [-0.1, -0.05) is 29.8 Å². The van der Waals surface area contributed by atoms with Gasteiger partial charge in [-0.3, -0.25) is 20.0 Å². The van der Waals surface area contributed by atoms with E-state index in [0.29, 0.717) is 18.1 Å². The summed E-state index contributed by atoms with van der Waals surface area (Å²) >= 11 is 6.35. The lowest BCUT2D eigenvalue weighted by atomic mass is 10.1. The zero-order valence-electron chi connectivity index (χ0n) is 16.5. The molecule has 0 aliphatic carbocycles. The van der Waals surface area contributed by atoms with Crippen molar-refractivity contribution in [2.75, 3.05) is 13.6 Å². The maximum atomic E-state index is 13.1. The molecule has 4 unspecified atom stereocenters. The Bertz CT molecular complexity index is 845. The number of carbonyl (C=O) groups excluding carboxylic acids is 2. The maximum Gasteiger partial charge on any atom is 0.327 e. The number of halogens is 1. The molecule has 1 aromatic carbocycles. The summed E-state index contributed by atoms with van der Waals surface area (Å²) in [4.78, 5) is 30.8. The van der Waals surface area contributed by atoms with Gasteiger partial charge in [0.1, 0.15) is 12.2 Å². The van der Waals surface area contributed by atoms with E-state index in [0.717, 1.165) is 11.3 Å². The van der Waals surface area contributed by atoms with E-state index in [2.05, 4.69) is 10.2 Å². The number of hydrogen-bond donors (Lipinski definition) is 1. The number of nitrogens with zero attached hydrogens (tertiary/aromatic N) is 5. The van der Waals surface area contributed by atoms with Crippen LogP contribution in [0, 0.1) is 0 Å². The zero-order valence-corrected chi connectivity index (χ0v) is 17.2. The van der Waals surface area contributed by atoms with Crippen molar-refractivity contribution in [3.05, 3.63) is 34.9 Å². The number of benzene rings is 1. The van der Waals surface area contributed by atoms with Gasteiger partial charge in [0.2, 0.25) is 0 Å². The van der Waals surface area contributed by atoms with E-state index in [1.54, 1.807) is 11.9 Å². The molecule has 28 heavy (non-hydrogen) atoms. The molecule has 4 rings (SSSR count). The Morgan fingerprint density at radius 1 is 1.25 bits per heavy atom. The van der Waals surface area contributed by atoms with Gasteiger partial charge in [0, 0.05) is 18.6 Å². The van der Waals surface area contributed by atoms with E-state index >= 15 is 0 Å². The summed E-state index contributed by atoms with van der Waals surface area (Å²) in [7, 11) is 1.73. The van der Waals surface area contributed by atoms with Gasteiger partial charge in [0.25, 0.3) is 5.91 Å². The highest BCUT2D eigenvalue weighted by atomic mass is 35.5. The molecular formula is C19H25ClN6O2. The number of likely N-dealkylation sites (N-methyl/N-ethyl adjacent to an activating group) is 2. The Morgan fingerprint density at radius 2 is 1.96 bits per heavy atom. The van der Waals surface area contributed by atoms with Gasteiger partial charge in [-0.25, -0.2) is 9.69 Å². The summed E-state index contributed by atoms with van der Waals surface area (Å²) in [6.07, 6.45) is -0.703. The molecule has 0 aromatic heterocycles. The first kappa shape index (κ1) is 19.2. The van der Waals surface area contributed by atoms with Gasteiger partial charge in [0.05, 0.1) is 18.3 Å². The monoisotopic (exact) mass is 404 g/mol. The fourth-order valence-electron chi connectivity index (χ4n) is 4.26. The summed E-state index contributed by atoms with van der Waals surface area (Å²) in [5.41, 5.74) is 1.87. The van der Waals surface area contributed by atoms with Crippen molar-refractivity contribution in [3.63, 3.8) is 0 Å². The minimum atomic E-state index is -0.457. The Labute approximate surface area is 169 Å². The second kappa shape index (κ2) is 7.02. The number of amides is 3. The van der Waals surface area contributed by atoms with Crippen molar-refractivity contribution in [3.8, 4) is 0 Å². The number of fused-ring (bicyclic) bond motifs is 3. The molecule has 1 aromatic rings. The largest absolute Gasteiger partial charge is 0.327 e. The number of hydrazone groups is 1. The molecule has 3 amide bonds. The molecule has 2 fully saturated rings. The number of hydrogen-bond acceptors (Lipinski definition) is 6. The van der Waals surface area contributed by atoms with Gasteiger partial charge in [-0.2, -0.15) is 5.10 Å². The smallest absolute Gasteiger partial charge is 0.310 e. The van der Waals surface area contributed by atoms with E-state index in [-0.39, 0.29) is 24.3 Å². The molecule has 4 atom stereocenters. The SMILES string of the molecule is CCN1C(=O)C2C(NC3N(Cc4ccccc4Cl)N=C(C)C(C)N23)N(C)C1=O. The minimum Gasteiger partial charge on any atom is -0.310 e.